The van der Waals surface area contributed by atoms with Crippen LogP contribution in [-0.2, 0) is 4.74 Å². The lowest BCUT2D eigenvalue weighted by molar-refractivity contribution is 0.0966. The molecule has 112 valence electrons. The zero-order valence-corrected chi connectivity index (χ0v) is 13.0. The first-order valence-corrected chi connectivity index (χ1v) is 8.14. The van der Waals surface area contributed by atoms with Crippen molar-refractivity contribution in [2.75, 3.05) is 0 Å². The third-order valence-electron chi connectivity index (χ3n) is 6.33. The van der Waals surface area contributed by atoms with E-state index in [1.165, 1.54) is 25.7 Å². The first-order chi connectivity index (χ1) is 9.43. The zero-order valence-electron chi connectivity index (χ0n) is 13.0. The molecular weight excluding hydrogens is 250 g/mol. The van der Waals surface area contributed by atoms with Crippen LogP contribution >= 0.6 is 0 Å². The minimum absolute atomic E-state index is 0.0293. The van der Waals surface area contributed by atoms with E-state index in [1.54, 1.807) is 0 Å². The Hall–Kier alpha value is -0.990. The third kappa shape index (κ3) is 2.06. The molecular formula is C17H27NO2. The van der Waals surface area contributed by atoms with Crippen LogP contribution in [0.1, 0.15) is 65.7 Å². The summed E-state index contributed by atoms with van der Waals surface area (Å²) in [4.78, 5) is 12.1. The zero-order chi connectivity index (χ0) is 14.4. The van der Waals surface area contributed by atoms with Gasteiger partial charge in [-0.2, -0.15) is 0 Å². The highest BCUT2D eigenvalue weighted by Gasteiger charge is 2.58. The number of amides is 1. The van der Waals surface area contributed by atoms with Gasteiger partial charge >= 0.3 is 6.09 Å². The number of fused-ring (bicyclic) bond motifs is 2. The van der Waals surface area contributed by atoms with E-state index in [0.29, 0.717) is 12.0 Å². The van der Waals surface area contributed by atoms with E-state index in [4.69, 9.17) is 4.74 Å². The number of alkyl carbamates (subject to hydrolysis) is 1. The largest absolute Gasteiger partial charge is 0.415 e. The molecule has 3 nitrogen and oxygen atoms in total. The van der Waals surface area contributed by atoms with E-state index in [0.717, 1.165) is 25.0 Å². The Morgan fingerprint density at radius 1 is 1.20 bits per heavy atom. The lowest BCUT2D eigenvalue weighted by Crippen LogP contribution is -2.38. The molecule has 2 saturated carbocycles. The maximum absolute atomic E-state index is 12.1. The number of rotatable bonds is 2. The Morgan fingerprint density at radius 2 is 1.90 bits per heavy atom. The maximum atomic E-state index is 12.1. The second-order valence-electron chi connectivity index (χ2n) is 7.60. The summed E-state index contributed by atoms with van der Waals surface area (Å²) >= 11 is 0. The molecule has 2 fully saturated rings. The Kier molecular flexibility index (Phi) is 3.34. The average Bonchev–Trinajstić information content (AvgIpc) is 2.73. The minimum Gasteiger partial charge on any atom is -0.415 e. The summed E-state index contributed by atoms with van der Waals surface area (Å²) in [5.74, 6) is 1.47. The van der Waals surface area contributed by atoms with Crippen LogP contribution in [0.5, 0.6) is 0 Å². The van der Waals surface area contributed by atoms with E-state index in [9.17, 15) is 4.79 Å². The highest BCUT2D eigenvalue weighted by molar-refractivity contribution is 5.69. The van der Waals surface area contributed by atoms with Crippen LogP contribution in [0, 0.1) is 16.7 Å². The monoisotopic (exact) mass is 277 g/mol. The fourth-order valence-electron chi connectivity index (χ4n) is 4.32. The fourth-order valence-corrected chi connectivity index (χ4v) is 4.32. The number of carbonyl (C=O) groups is 1. The van der Waals surface area contributed by atoms with Gasteiger partial charge in [0.1, 0.15) is 5.76 Å². The SMILES string of the molecule is CC12CCC(C=C1OC(=O)NC1CCCCC1)C2(C)C. The second-order valence-corrected chi connectivity index (χ2v) is 7.60. The molecule has 2 unspecified atom stereocenters. The maximum Gasteiger partial charge on any atom is 0.412 e. The topological polar surface area (TPSA) is 38.3 Å². The highest BCUT2D eigenvalue weighted by atomic mass is 16.6. The summed E-state index contributed by atoms with van der Waals surface area (Å²) in [5, 5.41) is 3.05. The highest BCUT2D eigenvalue weighted by Crippen LogP contribution is 2.65. The van der Waals surface area contributed by atoms with Crippen molar-refractivity contribution < 1.29 is 9.53 Å². The number of hydrogen-bond donors (Lipinski definition) is 1. The van der Waals surface area contributed by atoms with E-state index >= 15 is 0 Å². The van der Waals surface area contributed by atoms with Gasteiger partial charge in [-0.05, 0) is 43.1 Å². The predicted molar refractivity (Wildman–Crippen MR) is 79.2 cm³/mol. The lowest BCUT2D eigenvalue weighted by atomic mass is 9.70. The number of nitrogens with one attached hydrogen (secondary N) is 1. The summed E-state index contributed by atoms with van der Waals surface area (Å²) in [5.41, 5.74) is 0.245. The molecule has 3 heteroatoms. The number of ether oxygens (including phenoxy) is 1. The summed E-state index contributed by atoms with van der Waals surface area (Å²) in [7, 11) is 0. The van der Waals surface area contributed by atoms with E-state index in [2.05, 4.69) is 32.2 Å². The van der Waals surface area contributed by atoms with Crippen molar-refractivity contribution in [3.63, 3.8) is 0 Å². The van der Waals surface area contributed by atoms with Crippen molar-refractivity contribution in [3.05, 3.63) is 11.8 Å². The first kappa shape index (κ1) is 14.0. The number of carbonyl (C=O) groups excluding carboxylic acids is 1. The van der Waals surface area contributed by atoms with Crippen molar-refractivity contribution in [3.8, 4) is 0 Å². The molecule has 0 aromatic heterocycles. The number of hydrogen-bond acceptors (Lipinski definition) is 2. The van der Waals surface area contributed by atoms with Crippen LogP contribution in [0.3, 0.4) is 0 Å². The molecule has 0 aliphatic heterocycles. The van der Waals surface area contributed by atoms with Gasteiger partial charge in [0.25, 0.3) is 0 Å². The normalized spacial score (nSPS) is 35.8. The minimum atomic E-state index is -0.243. The molecule has 3 aliphatic rings. The molecule has 0 saturated heterocycles. The molecule has 2 bridgehead atoms. The van der Waals surface area contributed by atoms with Crippen molar-refractivity contribution >= 4 is 6.09 Å². The molecule has 3 aliphatic carbocycles. The van der Waals surface area contributed by atoms with E-state index < -0.39 is 0 Å². The predicted octanol–water partition coefficient (Wildman–Crippen LogP) is 4.39. The molecule has 0 radical (unpaired) electrons. The molecule has 20 heavy (non-hydrogen) atoms. The first-order valence-electron chi connectivity index (χ1n) is 8.14. The Bertz CT molecular complexity index is 434. The van der Waals surface area contributed by atoms with Gasteiger partial charge in [-0.3, -0.25) is 0 Å². The van der Waals surface area contributed by atoms with Gasteiger partial charge < -0.3 is 10.1 Å². The van der Waals surface area contributed by atoms with Crippen molar-refractivity contribution in [2.24, 2.45) is 16.7 Å². The van der Waals surface area contributed by atoms with Gasteiger partial charge in [0.15, 0.2) is 0 Å². The third-order valence-corrected chi connectivity index (χ3v) is 6.33. The number of allylic oxidation sites excluding steroid dienone is 2. The standard InChI is InChI=1S/C17H27NO2/c1-16(2)12-9-10-17(16,3)14(11-12)20-15(19)18-13-7-5-4-6-8-13/h11-13H,4-10H2,1-3H3,(H,18,19). The van der Waals surface area contributed by atoms with Crippen LogP contribution in [-0.4, -0.2) is 12.1 Å². The fraction of sp³-hybridized carbons (Fsp3) is 0.824. The van der Waals surface area contributed by atoms with Crippen LogP contribution in [0.15, 0.2) is 11.8 Å². The Morgan fingerprint density at radius 3 is 2.45 bits per heavy atom. The van der Waals surface area contributed by atoms with Crippen molar-refractivity contribution in [2.45, 2.75) is 71.8 Å². The van der Waals surface area contributed by atoms with Crippen LogP contribution in [0.4, 0.5) is 4.79 Å². The van der Waals surface area contributed by atoms with Gasteiger partial charge in [-0.25, -0.2) is 4.79 Å². The van der Waals surface area contributed by atoms with E-state index in [1.807, 2.05) is 0 Å². The summed E-state index contributed by atoms with van der Waals surface area (Å²) < 4.78 is 5.70. The molecule has 0 aromatic carbocycles. The van der Waals surface area contributed by atoms with Crippen LogP contribution < -0.4 is 5.32 Å². The average molecular weight is 277 g/mol. The molecule has 0 aromatic rings. The van der Waals surface area contributed by atoms with Crippen molar-refractivity contribution in [1.82, 2.24) is 5.32 Å². The second kappa shape index (κ2) is 4.78. The van der Waals surface area contributed by atoms with Gasteiger partial charge in [0.05, 0.1) is 0 Å². The molecule has 1 N–H and O–H groups in total. The van der Waals surface area contributed by atoms with Gasteiger partial charge in [0.2, 0.25) is 0 Å². The van der Waals surface area contributed by atoms with Crippen LogP contribution in [0.2, 0.25) is 0 Å². The smallest absolute Gasteiger partial charge is 0.412 e. The van der Waals surface area contributed by atoms with Crippen molar-refractivity contribution in [1.29, 1.82) is 0 Å². The molecule has 2 atom stereocenters. The van der Waals surface area contributed by atoms with E-state index in [-0.39, 0.29) is 16.9 Å². The molecule has 1 amide bonds. The summed E-state index contributed by atoms with van der Waals surface area (Å²) in [6, 6.07) is 0.316. The summed E-state index contributed by atoms with van der Waals surface area (Å²) in [6.07, 6.45) is 10.2. The van der Waals surface area contributed by atoms with Crippen LogP contribution in [0.25, 0.3) is 0 Å². The molecule has 0 heterocycles. The molecule has 0 spiro atoms. The quantitative estimate of drug-likeness (QED) is 0.813. The summed E-state index contributed by atoms with van der Waals surface area (Å²) in [6.45, 7) is 6.85. The van der Waals surface area contributed by atoms with Gasteiger partial charge in [-0.1, -0.05) is 40.0 Å². The lowest BCUT2D eigenvalue weighted by Gasteiger charge is -2.36. The Labute approximate surface area is 122 Å². The molecule has 3 rings (SSSR count). The Balaban J connectivity index is 1.61. The van der Waals surface area contributed by atoms with Gasteiger partial charge in [-0.15, -0.1) is 0 Å². The van der Waals surface area contributed by atoms with Gasteiger partial charge in [0, 0.05) is 11.5 Å².